The van der Waals surface area contributed by atoms with Gasteiger partial charge in [-0.05, 0) is 48.4 Å². The topological polar surface area (TPSA) is 41.1 Å². The van der Waals surface area contributed by atoms with E-state index in [-0.39, 0.29) is 11.7 Å². The molecule has 0 spiro atoms. The zero-order valence-electron chi connectivity index (χ0n) is 11.5. The van der Waals surface area contributed by atoms with E-state index in [4.69, 9.17) is 0 Å². The Balaban J connectivity index is 1.98. The van der Waals surface area contributed by atoms with Crippen molar-refractivity contribution in [2.75, 3.05) is 10.6 Å². The highest BCUT2D eigenvalue weighted by molar-refractivity contribution is 5.88. The molecule has 20 heavy (non-hydrogen) atoms. The molecule has 0 saturated carbocycles. The van der Waals surface area contributed by atoms with Gasteiger partial charge in [-0.15, -0.1) is 0 Å². The predicted octanol–water partition coefficient (Wildman–Crippen LogP) is 3.70. The minimum absolute atomic E-state index is 0.0916. The second-order valence-corrected chi connectivity index (χ2v) is 4.75. The van der Waals surface area contributed by atoms with E-state index in [1.165, 1.54) is 19.1 Å². The monoisotopic (exact) mass is 272 g/mol. The molecular formula is C16H17FN2O. The normalized spacial score (nSPS) is 10.2. The maximum Gasteiger partial charge on any atom is 0.221 e. The molecule has 2 aromatic carbocycles. The number of hydrogen-bond donors (Lipinski definition) is 2. The third-order valence-electron chi connectivity index (χ3n) is 2.81. The van der Waals surface area contributed by atoms with Crippen molar-refractivity contribution in [3.05, 3.63) is 59.4 Å². The molecule has 4 heteroatoms. The number of nitrogens with one attached hydrogen (secondary N) is 2. The highest BCUT2D eigenvalue weighted by atomic mass is 19.1. The van der Waals surface area contributed by atoms with Crippen LogP contribution in [0.15, 0.2) is 42.5 Å². The first-order valence-electron chi connectivity index (χ1n) is 6.40. The number of anilines is 2. The molecule has 104 valence electrons. The summed E-state index contributed by atoms with van der Waals surface area (Å²) >= 11 is 0. The summed E-state index contributed by atoms with van der Waals surface area (Å²) in [5.41, 5.74) is 3.46. The second kappa shape index (κ2) is 6.19. The maximum absolute atomic E-state index is 13.2. The molecule has 2 N–H and O–H groups in total. The maximum atomic E-state index is 13.2. The Hall–Kier alpha value is -2.36. The summed E-state index contributed by atoms with van der Waals surface area (Å²) in [7, 11) is 0. The number of carbonyl (C=O) groups excluding carboxylic acids is 1. The first-order chi connectivity index (χ1) is 9.52. The van der Waals surface area contributed by atoms with Crippen molar-refractivity contribution >= 4 is 17.3 Å². The van der Waals surface area contributed by atoms with E-state index in [1.807, 2.05) is 37.3 Å². The van der Waals surface area contributed by atoms with Crippen molar-refractivity contribution in [3.63, 3.8) is 0 Å². The van der Waals surface area contributed by atoms with Crippen molar-refractivity contribution in [2.45, 2.75) is 20.4 Å². The Morgan fingerprint density at radius 3 is 2.40 bits per heavy atom. The average molecular weight is 272 g/mol. The molecular weight excluding hydrogens is 255 g/mol. The van der Waals surface area contributed by atoms with Crippen molar-refractivity contribution in [1.82, 2.24) is 0 Å². The lowest BCUT2D eigenvalue weighted by molar-refractivity contribution is -0.114. The predicted molar refractivity (Wildman–Crippen MR) is 79.2 cm³/mol. The van der Waals surface area contributed by atoms with Gasteiger partial charge in [0.05, 0.1) is 0 Å². The van der Waals surface area contributed by atoms with Crippen LogP contribution in [-0.4, -0.2) is 5.91 Å². The zero-order chi connectivity index (χ0) is 14.5. The largest absolute Gasteiger partial charge is 0.381 e. The van der Waals surface area contributed by atoms with Gasteiger partial charge in [0.15, 0.2) is 0 Å². The summed E-state index contributed by atoms with van der Waals surface area (Å²) in [6.45, 7) is 3.93. The molecule has 0 aliphatic heterocycles. The van der Waals surface area contributed by atoms with Gasteiger partial charge in [-0.2, -0.15) is 0 Å². The van der Waals surface area contributed by atoms with Crippen LogP contribution in [0.1, 0.15) is 18.1 Å². The highest BCUT2D eigenvalue weighted by Gasteiger charge is 1.99. The average Bonchev–Trinajstić information content (AvgIpc) is 2.36. The van der Waals surface area contributed by atoms with Gasteiger partial charge in [-0.25, -0.2) is 4.39 Å². The Labute approximate surface area is 117 Å². The lowest BCUT2D eigenvalue weighted by Crippen LogP contribution is -2.06. The quantitative estimate of drug-likeness (QED) is 0.891. The summed E-state index contributed by atoms with van der Waals surface area (Å²) in [6, 6.07) is 12.4. The Morgan fingerprint density at radius 2 is 1.80 bits per heavy atom. The van der Waals surface area contributed by atoms with Crippen molar-refractivity contribution < 1.29 is 9.18 Å². The lowest BCUT2D eigenvalue weighted by atomic mass is 10.2. The molecule has 3 nitrogen and oxygen atoms in total. The molecule has 0 saturated heterocycles. The van der Waals surface area contributed by atoms with E-state index >= 15 is 0 Å². The Bertz CT molecular complexity index is 588. The van der Waals surface area contributed by atoms with Crippen LogP contribution in [0.3, 0.4) is 0 Å². The smallest absolute Gasteiger partial charge is 0.221 e. The molecule has 0 heterocycles. The van der Waals surface area contributed by atoms with Crippen molar-refractivity contribution in [2.24, 2.45) is 0 Å². The Morgan fingerprint density at radius 1 is 1.10 bits per heavy atom. The zero-order valence-corrected chi connectivity index (χ0v) is 11.5. The second-order valence-electron chi connectivity index (χ2n) is 4.75. The summed E-state index contributed by atoms with van der Waals surface area (Å²) in [5, 5.41) is 5.89. The summed E-state index contributed by atoms with van der Waals surface area (Å²) in [6.07, 6.45) is 0. The van der Waals surface area contributed by atoms with Crippen molar-refractivity contribution in [1.29, 1.82) is 0 Å². The fourth-order valence-electron chi connectivity index (χ4n) is 1.95. The fraction of sp³-hybridized carbons (Fsp3) is 0.188. The SMILES string of the molecule is CC(=O)Nc1ccc(CNc2cc(C)cc(F)c2)cc1. The van der Waals surface area contributed by atoms with Crippen LogP contribution >= 0.6 is 0 Å². The number of carbonyl (C=O) groups is 1. The third kappa shape index (κ3) is 4.09. The van der Waals surface area contributed by atoms with E-state index in [9.17, 15) is 9.18 Å². The van der Waals surface area contributed by atoms with Crippen LogP contribution in [0.4, 0.5) is 15.8 Å². The number of aryl methyl sites for hydroxylation is 1. The molecule has 0 bridgehead atoms. The molecule has 2 aromatic rings. The van der Waals surface area contributed by atoms with Crippen LogP contribution < -0.4 is 10.6 Å². The van der Waals surface area contributed by atoms with Gasteiger partial charge in [-0.3, -0.25) is 4.79 Å². The minimum Gasteiger partial charge on any atom is -0.381 e. The summed E-state index contributed by atoms with van der Waals surface area (Å²) in [5.74, 6) is -0.334. The summed E-state index contributed by atoms with van der Waals surface area (Å²) in [4.78, 5) is 10.9. The molecule has 0 aromatic heterocycles. The first kappa shape index (κ1) is 14.1. The van der Waals surface area contributed by atoms with Crippen LogP contribution in [0.2, 0.25) is 0 Å². The number of halogens is 1. The number of amides is 1. The van der Waals surface area contributed by atoms with Gasteiger partial charge < -0.3 is 10.6 Å². The Kier molecular flexibility index (Phi) is 4.35. The third-order valence-corrected chi connectivity index (χ3v) is 2.81. The lowest BCUT2D eigenvalue weighted by Gasteiger charge is -2.09. The van der Waals surface area contributed by atoms with Crippen LogP contribution in [0, 0.1) is 12.7 Å². The fourth-order valence-corrected chi connectivity index (χ4v) is 1.95. The van der Waals surface area contributed by atoms with Gasteiger partial charge in [0.25, 0.3) is 0 Å². The highest BCUT2D eigenvalue weighted by Crippen LogP contribution is 2.15. The first-order valence-corrected chi connectivity index (χ1v) is 6.40. The van der Waals surface area contributed by atoms with Crippen LogP contribution in [-0.2, 0) is 11.3 Å². The standard InChI is InChI=1S/C16H17FN2O/c1-11-7-14(17)9-16(8-11)18-10-13-3-5-15(6-4-13)19-12(2)20/h3-9,18H,10H2,1-2H3,(H,19,20). The molecule has 0 atom stereocenters. The van der Waals surface area contributed by atoms with Gasteiger partial charge in [-0.1, -0.05) is 12.1 Å². The number of benzene rings is 2. The van der Waals surface area contributed by atoms with E-state index < -0.39 is 0 Å². The number of hydrogen-bond acceptors (Lipinski definition) is 2. The molecule has 0 fully saturated rings. The van der Waals surface area contributed by atoms with Crippen molar-refractivity contribution in [3.8, 4) is 0 Å². The van der Waals surface area contributed by atoms with Crippen LogP contribution in [0.5, 0.6) is 0 Å². The van der Waals surface area contributed by atoms with Gasteiger partial charge in [0.1, 0.15) is 5.82 Å². The molecule has 1 amide bonds. The summed E-state index contributed by atoms with van der Waals surface area (Å²) < 4.78 is 13.2. The molecule has 0 aliphatic rings. The van der Waals surface area contributed by atoms with Gasteiger partial charge in [0, 0.05) is 24.8 Å². The van der Waals surface area contributed by atoms with Gasteiger partial charge in [0.2, 0.25) is 5.91 Å². The van der Waals surface area contributed by atoms with Crippen LogP contribution in [0.25, 0.3) is 0 Å². The molecule has 2 rings (SSSR count). The van der Waals surface area contributed by atoms with E-state index in [0.29, 0.717) is 6.54 Å². The van der Waals surface area contributed by atoms with Gasteiger partial charge >= 0.3 is 0 Å². The van der Waals surface area contributed by atoms with E-state index in [2.05, 4.69) is 10.6 Å². The van der Waals surface area contributed by atoms with E-state index in [1.54, 1.807) is 0 Å². The molecule has 0 unspecified atom stereocenters. The van der Waals surface area contributed by atoms with E-state index in [0.717, 1.165) is 22.5 Å². The minimum atomic E-state index is -0.242. The molecule has 0 radical (unpaired) electrons. The molecule has 0 aliphatic carbocycles. The number of rotatable bonds is 4.